The van der Waals surface area contributed by atoms with Crippen LogP contribution in [-0.4, -0.2) is 67.5 Å². The molecule has 0 unspecified atom stereocenters. The molecule has 2 heterocycles. The number of aryl methyl sites for hydroxylation is 1. The number of aromatic nitrogens is 1. The number of nitrogens with one attached hydrogen (secondary N) is 1. The van der Waals surface area contributed by atoms with E-state index in [1.807, 2.05) is 4.90 Å². The van der Waals surface area contributed by atoms with E-state index in [4.69, 9.17) is 16.1 Å². The van der Waals surface area contributed by atoms with Crippen LogP contribution in [0.1, 0.15) is 22.5 Å². The molecule has 1 saturated heterocycles. The number of anilines is 1. The second kappa shape index (κ2) is 12.1. The van der Waals surface area contributed by atoms with Crippen molar-refractivity contribution in [2.75, 3.05) is 44.2 Å². The van der Waals surface area contributed by atoms with Gasteiger partial charge in [-0.05, 0) is 44.2 Å². The summed E-state index contributed by atoms with van der Waals surface area (Å²) >= 11 is 6.11. The molecule has 0 spiro atoms. The Hall–Kier alpha value is -3.52. The van der Waals surface area contributed by atoms with Gasteiger partial charge in [0.05, 0.1) is 16.3 Å². The van der Waals surface area contributed by atoms with Crippen molar-refractivity contribution in [2.24, 2.45) is 0 Å². The zero-order valence-electron chi connectivity index (χ0n) is 21.5. The van der Waals surface area contributed by atoms with Crippen LogP contribution < -0.4 is 15.0 Å². The van der Waals surface area contributed by atoms with Crippen molar-refractivity contribution in [2.45, 2.75) is 25.6 Å². The van der Waals surface area contributed by atoms with E-state index in [0.717, 1.165) is 12.1 Å². The molecule has 15 heteroatoms. The molecule has 0 saturated carbocycles. The molecule has 0 radical (unpaired) electrons. The van der Waals surface area contributed by atoms with Crippen LogP contribution in [0, 0.1) is 18.6 Å². The fourth-order valence-electron chi connectivity index (χ4n) is 4.37. The van der Waals surface area contributed by atoms with Gasteiger partial charge in [0.1, 0.15) is 28.7 Å². The van der Waals surface area contributed by atoms with Gasteiger partial charge in [0.15, 0.2) is 5.75 Å². The molecule has 4 rings (SSSR count). The van der Waals surface area contributed by atoms with Gasteiger partial charge in [-0.25, -0.2) is 8.78 Å². The highest BCUT2D eigenvalue weighted by Crippen LogP contribution is 2.41. The summed E-state index contributed by atoms with van der Waals surface area (Å²) in [6.07, 6.45) is -11.0. The van der Waals surface area contributed by atoms with Gasteiger partial charge in [-0.3, -0.25) is 9.69 Å². The van der Waals surface area contributed by atoms with Crippen LogP contribution in [0.25, 0.3) is 11.3 Å². The summed E-state index contributed by atoms with van der Waals surface area (Å²) < 4.78 is 102. The molecule has 0 bridgehead atoms. The lowest BCUT2D eigenvalue weighted by molar-refractivity contribution is -0.360. The Labute approximate surface area is 234 Å². The van der Waals surface area contributed by atoms with E-state index >= 15 is 0 Å². The largest absolute Gasteiger partial charge is 0.499 e. The molecule has 1 aliphatic rings. The molecular formula is C26H24ClF7N4O3. The highest BCUT2D eigenvalue weighted by Gasteiger charge is 2.61. The van der Waals surface area contributed by atoms with Gasteiger partial charge >= 0.3 is 12.3 Å². The zero-order chi connectivity index (χ0) is 29.9. The van der Waals surface area contributed by atoms with Crippen molar-refractivity contribution in [1.29, 1.82) is 0 Å². The van der Waals surface area contributed by atoms with Crippen LogP contribution in [0.2, 0.25) is 5.02 Å². The third-order valence-corrected chi connectivity index (χ3v) is 6.74. The third-order valence-electron chi connectivity index (χ3n) is 6.43. The molecule has 1 aliphatic heterocycles. The van der Waals surface area contributed by atoms with E-state index in [1.54, 1.807) is 0 Å². The first-order valence-electron chi connectivity index (χ1n) is 12.4. The van der Waals surface area contributed by atoms with Gasteiger partial charge in [-0.1, -0.05) is 22.8 Å². The predicted octanol–water partition coefficient (Wildman–Crippen LogP) is 6.06. The smallest absolute Gasteiger partial charge is 0.423 e. The van der Waals surface area contributed by atoms with Crippen LogP contribution in [-0.2, 0) is 0 Å². The molecular weight excluding hydrogens is 585 g/mol. The Morgan fingerprint density at radius 1 is 1.10 bits per heavy atom. The lowest BCUT2D eigenvalue weighted by Gasteiger charge is -2.37. The Morgan fingerprint density at radius 3 is 2.46 bits per heavy atom. The average molecular weight is 609 g/mol. The van der Waals surface area contributed by atoms with Crippen LogP contribution in [0.15, 0.2) is 40.9 Å². The summed E-state index contributed by atoms with van der Waals surface area (Å²) in [7, 11) is 0. The maximum absolute atomic E-state index is 14.4. The minimum Gasteiger partial charge on any atom is -0.423 e. The van der Waals surface area contributed by atoms with Gasteiger partial charge in [0.2, 0.25) is 0 Å². The molecule has 7 nitrogen and oxygen atoms in total. The molecule has 1 N–H and O–H groups in total. The summed E-state index contributed by atoms with van der Waals surface area (Å²) in [5, 5.41) is 6.61. The molecule has 41 heavy (non-hydrogen) atoms. The lowest BCUT2D eigenvalue weighted by Crippen LogP contribution is -2.47. The number of amides is 1. The van der Waals surface area contributed by atoms with E-state index in [9.17, 15) is 35.5 Å². The van der Waals surface area contributed by atoms with Gasteiger partial charge in [-0.15, -0.1) is 0 Å². The first-order valence-corrected chi connectivity index (χ1v) is 12.8. The van der Waals surface area contributed by atoms with Gasteiger partial charge in [-0.2, -0.15) is 22.0 Å². The summed E-state index contributed by atoms with van der Waals surface area (Å²) in [5.74, 6) is -2.93. The van der Waals surface area contributed by atoms with Crippen molar-refractivity contribution in [3.63, 3.8) is 0 Å². The summed E-state index contributed by atoms with van der Waals surface area (Å²) in [6.45, 7) is 3.62. The van der Waals surface area contributed by atoms with Gasteiger partial charge < -0.3 is 19.5 Å². The van der Waals surface area contributed by atoms with Crippen LogP contribution in [0.3, 0.4) is 0 Å². The number of benzene rings is 2. The first kappa shape index (κ1) is 30.4. The molecule has 1 fully saturated rings. The standard InChI is InChI=1S/C26H24ClF7N4O3/c1-15-21(23(36-41-15)22-17(27)4-2-5-18(22)29)24(39)35-8-3-9-37-10-12-38(13-11-37)19-7-6-16(28)14-20(19)40-26(33,34)25(30,31)32/h2,4-7,14H,3,8-13H2,1H3,(H,35,39). The normalized spacial score (nSPS) is 14.8. The second-order valence-corrected chi connectivity index (χ2v) is 9.63. The Morgan fingerprint density at radius 2 is 1.80 bits per heavy atom. The number of hydrogen-bond donors (Lipinski definition) is 1. The number of rotatable bonds is 9. The number of carbonyl (C=O) groups is 1. The summed E-state index contributed by atoms with van der Waals surface area (Å²) in [6, 6.07) is 6.62. The van der Waals surface area contributed by atoms with Gasteiger partial charge in [0, 0.05) is 38.8 Å². The van der Waals surface area contributed by atoms with Crippen LogP contribution >= 0.6 is 11.6 Å². The highest BCUT2D eigenvalue weighted by atomic mass is 35.5. The molecule has 1 amide bonds. The van der Waals surface area contributed by atoms with Crippen LogP contribution in [0.5, 0.6) is 5.75 Å². The maximum atomic E-state index is 14.4. The Kier molecular flexibility index (Phi) is 9.02. The lowest BCUT2D eigenvalue weighted by atomic mass is 10.0. The number of alkyl halides is 5. The highest BCUT2D eigenvalue weighted by molar-refractivity contribution is 6.33. The first-order chi connectivity index (χ1) is 19.3. The zero-order valence-corrected chi connectivity index (χ0v) is 22.3. The number of carbonyl (C=O) groups excluding carboxylic acids is 1. The van der Waals surface area contributed by atoms with Crippen molar-refractivity contribution in [3.8, 4) is 17.0 Å². The molecule has 0 atom stereocenters. The monoisotopic (exact) mass is 608 g/mol. The molecule has 3 aromatic rings. The average Bonchev–Trinajstić information content (AvgIpc) is 3.27. The molecule has 1 aromatic heterocycles. The molecule has 2 aromatic carbocycles. The molecule has 0 aliphatic carbocycles. The number of ether oxygens (including phenoxy) is 1. The minimum atomic E-state index is -5.97. The van der Waals surface area contributed by atoms with Crippen molar-refractivity contribution >= 4 is 23.2 Å². The Bertz CT molecular complexity index is 1370. The van der Waals surface area contributed by atoms with Crippen molar-refractivity contribution < 1.29 is 44.8 Å². The topological polar surface area (TPSA) is 70.8 Å². The Balaban J connectivity index is 1.30. The molecule has 222 valence electrons. The number of hydrogen-bond acceptors (Lipinski definition) is 6. The summed E-state index contributed by atoms with van der Waals surface area (Å²) in [4.78, 5) is 16.4. The summed E-state index contributed by atoms with van der Waals surface area (Å²) in [5.41, 5.74) is -0.0987. The van der Waals surface area contributed by atoms with E-state index in [-0.39, 0.29) is 52.9 Å². The predicted molar refractivity (Wildman–Crippen MR) is 135 cm³/mol. The number of piperazine rings is 1. The van der Waals surface area contributed by atoms with Gasteiger partial charge in [0.25, 0.3) is 5.91 Å². The minimum absolute atomic E-state index is 0.0173. The van der Waals surface area contributed by atoms with E-state index < -0.39 is 35.6 Å². The number of nitrogens with zero attached hydrogens (tertiary/aromatic N) is 3. The van der Waals surface area contributed by atoms with Crippen molar-refractivity contribution in [3.05, 3.63) is 64.4 Å². The fourth-order valence-corrected chi connectivity index (χ4v) is 4.62. The number of halogens is 8. The van der Waals surface area contributed by atoms with E-state index in [2.05, 4.69) is 15.2 Å². The van der Waals surface area contributed by atoms with E-state index in [0.29, 0.717) is 32.1 Å². The third kappa shape index (κ3) is 6.87. The van der Waals surface area contributed by atoms with Crippen LogP contribution in [0.4, 0.5) is 36.4 Å². The quantitative estimate of drug-likeness (QED) is 0.235. The van der Waals surface area contributed by atoms with Crippen molar-refractivity contribution in [1.82, 2.24) is 15.4 Å². The second-order valence-electron chi connectivity index (χ2n) is 9.23. The van der Waals surface area contributed by atoms with E-state index in [1.165, 1.54) is 30.0 Å². The SMILES string of the molecule is Cc1onc(-c2c(F)cccc2Cl)c1C(=O)NCCCN1CCN(c2ccc(F)cc2OC(F)(F)C(F)(F)F)CC1. The maximum Gasteiger partial charge on any atom is 0.499 e. The fraction of sp³-hybridized carbons (Fsp3) is 0.385.